The van der Waals surface area contributed by atoms with Crippen molar-refractivity contribution in [3.05, 3.63) is 30.3 Å². The van der Waals surface area contributed by atoms with Crippen LogP contribution in [0.25, 0.3) is 0 Å². The molecule has 3 nitrogen and oxygen atoms in total. The quantitative estimate of drug-likeness (QED) is 0.664. The Labute approximate surface area is 128 Å². The van der Waals surface area contributed by atoms with Gasteiger partial charge in [0.2, 0.25) is 0 Å². The second kappa shape index (κ2) is 8.71. The molecule has 21 heavy (non-hydrogen) atoms. The summed E-state index contributed by atoms with van der Waals surface area (Å²) >= 11 is 0. The molecular weight excluding hydrogens is 264 g/mol. The van der Waals surface area contributed by atoms with Crippen LogP contribution in [0.3, 0.4) is 0 Å². The number of benzene rings is 1. The number of rotatable bonds is 8. The normalized spacial score (nSPS) is 14.0. The zero-order chi connectivity index (χ0) is 15.8. The fourth-order valence-corrected chi connectivity index (χ4v) is 2.38. The molecule has 0 unspecified atom stereocenters. The first-order valence-electron chi connectivity index (χ1n) is 7.91. The SMILES string of the molecule is CCC(CC)[C@H](OC(=O)C(C)C)[C@H](C)Oc1ccccc1. The lowest BCUT2D eigenvalue weighted by atomic mass is 9.93. The van der Waals surface area contributed by atoms with Gasteiger partial charge >= 0.3 is 5.97 Å². The van der Waals surface area contributed by atoms with Crippen molar-refractivity contribution in [2.24, 2.45) is 11.8 Å². The highest BCUT2D eigenvalue weighted by molar-refractivity contribution is 5.71. The van der Waals surface area contributed by atoms with Crippen LogP contribution < -0.4 is 4.74 Å². The molecular formula is C18H28O3. The molecule has 3 heteroatoms. The molecule has 0 aromatic heterocycles. The minimum absolute atomic E-state index is 0.120. The molecule has 0 aliphatic rings. The molecule has 118 valence electrons. The van der Waals surface area contributed by atoms with E-state index in [9.17, 15) is 4.79 Å². The summed E-state index contributed by atoms with van der Waals surface area (Å²) in [6.07, 6.45) is 1.56. The first kappa shape index (κ1) is 17.5. The topological polar surface area (TPSA) is 35.5 Å². The fourth-order valence-electron chi connectivity index (χ4n) is 2.38. The summed E-state index contributed by atoms with van der Waals surface area (Å²) in [6.45, 7) is 9.94. The molecule has 0 bridgehead atoms. The van der Waals surface area contributed by atoms with Crippen LogP contribution in [-0.2, 0) is 9.53 Å². The van der Waals surface area contributed by atoms with Crippen LogP contribution in [0, 0.1) is 11.8 Å². The first-order valence-corrected chi connectivity index (χ1v) is 7.91. The Morgan fingerprint density at radius 1 is 1.05 bits per heavy atom. The van der Waals surface area contributed by atoms with E-state index < -0.39 is 0 Å². The maximum absolute atomic E-state index is 12.0. The molecule has 1 rings (SSSR count). The van der Waals surface area contributed by atoms with Crippen molar-refractivity contribution in [3.8, 4) is 5.75 Å². The predicted octanol–water partition coefficient (Wildman–Crippen LogP) is 4.46. The van der Waals surface area contributed by atoms with Gasteiger partial charge in [-0.3, -0.25) is 4.79 Å². The Morgan fingerprint density at radius 3 is 2.10 bits per heavy atom. The molecule has 0 heterocycles. The second-order valence-electron chi connectivity index (χ2n) is 5.77. The number of hydrogen-bond donors (Lipinski definition) is 0. The molecule has 0 spiro atoms. The Bertz CT molecular complexity index is 410. The number of para-hydroxylation sites is 1. The summed E-state index contributed by atoms with van der Waals surface area (Å²) in [5.41, 5.74) is 0. The van der Waals surface area contributed by atoms with Gasteiger partial charge in [0.15, 0.2) is 0 Å². The van der Waals surface area contributed by atoms with Crippen molar-refractivity contribution in [1.29, 1.82) is 0 Å². The van der Waals surface area contributed by atoms with E-state index in [1.54, 1.807) is 0 Å². The maximum atomic E-state index is 12.0. The largest absolute Gasteiger partial charge is 0.487 e. The van der Waals surface area contributed by atoms with Crippen LogP contribution in [0.1, 0.15) is 47.5 Å². The molecule has 0 amide bonds. The van der Waals surface area contributed by atoms with E-state index in [2.05, 4.69) is 13.8 Å². The highest BCUT2D eigenvalue weighted by atomic mass is 16.6. The number of carbonyl (C=O) groups excluding carboxylic acids is 1. The average Bonchev–Trinajstić information content (AvgIpc) is 2.48. The molecule has 0 saturated carbocycles. The molecule has 1 aromatic carbocycles. The van der Waals surface area contributed by atoms with E-state index in [1.807, 2.05) is 51.1 Å². The molecule has 0 fully saturated rings. The number of hydrogen-bond acceptors (Lipinski definition) is 3. The highest BCUT2D eigenvalue weighted by Crippen LogP contribution is 2.24. The van der Waals surface area contributed by atoms with Gasteiger partial charge in [-0.25, -0.2) is 0 Å². The van der Waals surface area contributed by atoms with Gasteiger partial charge in [-0.05, 0) is 37.8 Å². The van der Waals surface area contributed by atoms with Gasteiger partial charge in [-0.1, -0.05) is 45.9 Å². The van der Waals surface area contributed by atoms with E-state index in [4.69, 9.17) is 9.47 Å². The van der Waals surface area contributed by atoms with Gasteiger partial charge in [0, 0.05) is 0 Å². The van der Waals surface area contributed by atoms with E-state index in [0.29, 0.717) is 5.92 Å². The van der Waals surface area contributed by atoms with Gasteiger partial charge < -0.3 is 9.47 Å². The second-order valence-corrected chi connectivity index (χ2v) is 5.77. The molecule has 0 radical (unpaired) electrons. The third kappa shape index (κ3) is 5.41. The van der Waals surface area contributed by atoms with Crippen molar-refractivity contribution >= 4 is 5.97 Å². The molecule has 0 N–H and O–H groups in total. The minimum Gasteiger partial charge on any atom is -0.487 e. The van der Waals surface area contributed by atoms with Crippen molar-refractivity contribution in [3.63, 3.8) is 0 Å². The van der Waals surface area contributed by atoms with Gasteiger partial charge in [0.05, 0.1) is 5.92 Å². The van der Waals surface area contributed by atoms with Gasteiger partial charge in [0.25, 0.3) is 0 Å². The monoisotopic (exact) mass is 292 g/mol. The Kier molecular flexibility index (Phi) is 7.27. The zero-order valence-electron chi connectivity index (χ0n) is 13.8. The summed E-state index contributed by atoms with van der Waals surface area (Å²) in [5.74, 6) is 0.842. The van der Waals surface area contributed by atoms with Crippen LogP contribution in [0.15, 0.2) is 30.3 Å². The highest BCUT2D eigenvalue weighted by Gasteiger charge is 2.30. The average molecular weight is 292 g/mol. The van der Waals surface area contributed by atoms with Crippen LogP contribution in [0.2, 0.25) is 0 Å². The van der Waals surface area contributed by atoms with Crippen molar-refractivity contribution in [2.45, 2.75) is 59.7 Å². The summed E-state index contributed by atoms with van der Waals surface area (Å²) in [5, 5.41) is 0. The fraction of sp³-hybridized carbons (Fsp3) is 0.611. The minimum atomic E-state index is -0.213. The van der Waals surface area contributed by atoms with Gasteiger partial charge in [0.1, 0.15) is 18.0 Å². The lowest BCUT2D eigenvalue weighted by Crippen LogP contribution is -2.40. The molecule has 1 aromatic rings. The smallest absolute Gasteiger partial charge is 0.308 e. The van der Waals surface area contributed by atoms with E-state index >= 15 is 0 Å². The van der Waals surface area contributed by atoms with Gasteiger partial charge in [-0.15, -0.1) is 0 Å². The maximum Gasteiger partial charge on any atom is 0.308 e. The molecule has 0 aliphatic heterocycles. The first-order chi connectivity index (χ1) is 9.99. The van der Waals surface area contributed by atoms with Crippen LogP contribution >= 0.6 is 0 Å². The lowest BCUT2D eigenvalue weighted by Gasteiger charge is -2.31. The summed E-state index contributed by atoms with van der Waals surface area (Å²) in [7, 11) is 0. The van der Waals surface area contributed by atoms with E-state index in [0.717, 1.165) is 18.6 Å². The number of ether oxygens (including phenoxy) is 2. The summed E-state index contributed by atoms with van der Waals surface area (Å²) in [4.78, 5) is 12.0. The van der Waals surface area contributed by atoms with E-state index in [1.165, 1.54) is 0 Å². The Morgan fingerprint density at radius 2 is 1.62 bits per heavy atom. The third-order valence-corrected chi connectivity index (χ3v) is 3.76. The van der Waals surface area contributed by atoms with E-state index in [-0.39, 0.29) is 24.1 Å². The number of esters is 1. The molecule has 2 atom stereocenters. The Balaban J connectivity index is 2.81. The summed E-state index contributed by atoms with van der Waals surface area (Å²) < 4.78 is 11.7. The van der Waals surface area contributed by atoms with Crippen LogP contribution in [0.5, 0.6) is 5.75 Å². The van der Waals surface area contributed by atoms with Crippen molar-refractivity contribution in [1.82, 2.24) is 0 Å². The lowest BCUT2D eigenvalue weighted by molar-refractivity contribution is -0.161. The van der Waals surface area contributed by atoms with Crippen molar-refractivity contribution < 1.29 is 14.3 Å². The predicted molar refractivity (Wildman–Crippen MR) is 85.3 cm³/mol. The zero-order valence-corrected chi connectivity index (χ0v) is 13.8. The van der Waals surface area contributed by atoms with Crippen LogP contribution in [-0.4, -0.2) is 18.2 Å². The van der Waals surface area contributed by atoms with Gasteiger partial charge in [-0.2, -0.15) is 0 Å². The van der Waals surface area contributed by atoms with Crippen molar-refractivity contribution in [2.75, 3.05) is 0 Å². The summed E-state index contributed by atoms with van der Waals surface area (Å²) in [6, 6.07) is 9.67. The Hall–Kier alpha value is -1.51. The molecule has 0 saturated heterocycles. The molecule has 0 aliphatic carbocycles. The third-order valence-electron chi connectivity index (χ3n) is 3.76. The number of carbonyl (C=O) groups is 1. The standard InChI is InChI=1S/C18H28O3/c1-6-15(7-2)17(21-18(19)13(3)4)14(5)20-16-11-9-8-10-12-16/h8-15,17H,6-7H2,1-5H3/t14-,17+/m0/s1. The van der Waals surface area contributed by atoms with Crippen LogP contribution in [0.4, 0.5) is 0 Å².